The number of urea groups is 1. The van der Waals surface area contributed by atoms with E-state index < -0.39 is 0 Å². The summed E-state index contributed by atoms with van der Waals surface area (Å²) in [7, 11) is 0. The maximum absolute atomic E-state index is 12.4. The Bertz CT molecular complexity index is 515. The van der Waals surface area contributed by atoms with E-state index in [1.807, 2.05) is 9.80 Å². The molecule has 0 aliphatic carbocycles. The van der Waals surface area contributed by atoms with Crippen molar-refractivity contribution in [1.82, 2.24) is 9.80 Å². The van der Waals surface area contributed by atoms with E-state index in [-0.39, 0.29) is 6.03 Å². The topological polar surface area (TPSA) is 26.8 Å². The lowest BCUT2D eigenvalue weighted by Crippen LogP contribution is -2.52. The number of hydrogen-bond acceptors (Lipinski definition) is 2. The first-order chi connectivity index (χ1) is 10.2. The first-order valence-electron chi connectivity index (χ1n) is 8.02. The molecule has 0 aromatic heterocycles. The van der Waals surface area contributed by atoms with Gasteiger partial charge >= 0.3 is 6.03 Å². The van der Waals surface area contributed by atoms with Crippen molar-refractivity contribution in [1.29, 1.82) is 0 Å². The summed E-state index contributed by atoms with van der Waals surface area (Å²) in [5.74, 6) is 0. The van der Waals surface area contributed by atoms with Crippen LogP contribution in [-0.2, 0) is 0 Å². The molecule has 0 atom stereocenters. The molecule has 2 saturated heterocycles. The summed E-state index contributed by atoms with van der Waals surface area (Å²) >= 11 is 0. The van der Waals surface area contributed by atoms with Crippen molar-refractivity contribution in [2.24, 2.45) is 0 Å². The minimum Gasteiger partial charge on any atom is -0.368 e. The van der Waals surface area contributed by atoms with Crippen LogP contribution in [-0.4, -0.2) is 55.1 Å². The fraction of sp³-hybridized carbons (Fsp3) is 0.588. The predicted molar refractivity (Wildman–Crippen MR) is 85.9 cm³/mol. The normalized spacial score (nSPS) is 19.2. The summed E-state index contributed by atoms with van der Waals surface area (Å²) in [6.07, 6.45) is 2.32. The molecule has 4 nitrogen and oxygen atoms in total. The third-order valence-electron chi connectivity index (χ3n) is 4.84. The van der Waals surface area contributed by atoms with Gasteiger partial charge in [0.15, 0.2) is 0 Å². The highest BCUT2D eigenvalue weighted by Crippen LogP contribution is 2.24. The number of likely N-dealkylation sites (tertiary alicyclic amines) is 1. The first-order valence-corrected chi connectivity index (χ1v) is 8.02. The lowest BCUT2D eigenvalue weighted by atomic mass is 10.1. The summed E-state index contributed by atoms with van der Waals surface area (Å²) in [6, 6.07) is 6.72. The number of aryl methyl sites for hydroxylation is 1. The molecule has 114 valence electrons. The highest BCUT2D eigenvalue weighted by Gasteiger charge is 2.27. The molecule has 0 saturated carbocycles. The minimum atomic E-state index is 0.244. The van der Waals surface area contributed by atoms with Crippen LogP contribution in [0.5, 0.6) is 0 Å². The van der Waals surface area contributed by atoms with Crippen LogP contribution in [0.25, 0.3) is 0 Å². The van der Waals surface area contributed by atoms with Gasteiger partial charge in [0.2, 0.25) is 0 Å². The molecule has 2 aliphatic rings. The molecule has 2 amide bonds. The van der Waals surface area contributed by atoms with Crippen LogP contribution >= 0.6 is 0 Å². The monoisotopic (exact) mass is 287 g/mol. The zero-order valence-corrected chi connectivity index (χ0v) is 13.1. The van der Waals surface area contributed by atoms with E-state index in [2.05, 4.69) is 36.9 Å². The second-order valence-electron chi connectivity index (χ2n) is 6.17. The Morgan fingerprint density at radius 3 is 2.19 bits per heavy atom. The summed E-state index contributed by atoms with van der Waals surface area (Å²) in [6.45, 7) is 9.77. The fourth-order valence-electron chi connectivity index (χ4n) is 3.33. The summed E-state index contributed by atoms with van der Waals surface area (Å²) in [5, 5.41) is 0. The number of piperazine rings is 1. The van der Waals surface area contributed by atoms with Crippen molar-refractivity contribution in [2.75, 3.05) is 44.2 Å². The number of rotatable bonds is 1. The van der Waals surface area contributed by atoms with E-state index in [4.69, 9.17) is 0 Å². The third kappa shape index (κ3) is 2.85. The third-order valence-corrected chi connectivity index (χ3v) is 4.84. The first kappa shape index (κ1) is 14.2. The number of amides is 2. The van der Waals surface area contributed by atoms with Gasteiger partial charge in [0.25, 0.3) is 0 Å². The van der Waals surface area contributed by atoms with E-state index in [0.717, 1.165) is 52.1 Å². The Kier molecular flexibility index (Phi) is 4.04. The standard InChI is InChI=1S/C17H25N3O/c1-14-6-5-7-16(15(14)2)18-10-12-20(13-11-18)17(21)19-8-3-4-9-19/h5-7H,3-4,8-13H2,1-2H3. The van der Waals surface area contributed by atoms with Crippen LogP contribution < -0.4 is 4.90 Å². The van der Waals surface area contributed by atoms with Gasteiger partial charge in [-0.15, -0.1) is 0 Å². The molecule has 2 heterocycles. The fourth-order valence-corrected chi connectivity index (χ4v) is 3.33. The predicted octanol–water partition coefficient (Wildman–Crippen LogP) is 2.64. The number of carbonyl (C=O) groups is 1. The van der Waals surface area contributed by atoms with Gasteiger partial charge < -0.3 is 14.7 Å². The maximum Gasteiger partial charge on any atom is 0.320 e. The number of carbonyl (C=O) groups excluding carboxylic acids is 1. The number of hydrogen-bond donors (Lipinski definition) is 0. The minimum absolute atomic E-state index is 0.244. The second-order valence-corrected chi connectivity index (χ2v) is 6.17. The number of anilines is 1. The quantitative estimate of drug-likeness (QED) is 0.794. The lowest BCUT2D eigenvalue weighted by Gasteiger charge is -2.38. The van der Waals surface area contributed by atoms with Gasteiger partial charge in [-0.1, -0.05) is 12.1 Å². The van der Waals surface area contributed by atoms with Gasteiger partial charge in [-0.2, -0.15) is 0 Å². The molecule has 0 bridgehead atoms. The molecule has 21 heavy (non-hydrogen) atoms. The molecule has 4 heteroatoms. The van der Waals surface area contributed by atoms with Crippen LogP contribution in [0.15, 0.2) is 18.2 Å². The van der Waals surface area contributed by atoms with Crippen molar-refractivity contribution < 1.29 is 4.79 Å². The summed E-state index contributed by atoms with van der Waals surface area (Å²) in [4.78, 5) is 18.8. The molecule has 2 fully saturated rings. The van der Waals surface area contributed by atoms with Crippen LogP contribution in [0.1, 0.15) is 24.0 Å². The van der Waals surface area contributed by atoms with Crippen molar-refractivity contribution in [3.63, 3.8) is 0 Å². The second kappa shape index (κ2) is 5.96. The maximum atomic E-state index is 12.4. The number of benzene rings is 1. The van der Waals surface area contributed by atoms with Crippen LogP contribution in [0, 0.1) is 13.8 Å². The Labute approximate surface area is 127 Å². The Morgan fingerprint density at radius 1 is 0.905 bits per heavy atom. The van der Waals surface area contributed by atoms with Crippen molar-refractivity contribution >= 4 is 11.7 Å². The van der Waals surface area contributed by atoms with E-state index >= 15 is 0 Å². The molecule has 0 unspecified atom stereocenters. The van der Waals surface area contributed by atoms with Crippen LogP contribution in [0.4, 0.5) is 10.5 Å². The zero-order chi connectivity index (χ0) is 14.8. The number of nitrogens with zero attached hydrogens (tertiary/aromatic N) is 3. The molecular formula is C17H25N3O. The smallest absolute Gasteiger partial charge is 0.320 e. The molecule has 3 rings (SSSR count). The molecule has 1 aromatic carbocycles. The van der Waals surface area contributed by atoms with Gasteiger partial charge in [0.05, 0.1) is 0 Å². The molecule has 0 N–H and O–H groups in total. The average molecular weight is 287 g/mol. The Hall–Kier alpha value is -1.71. The van der Waals surface area contributed by atoms with Crippen LogP contribution in [0.2, 0.25) is 0 Å². The zero-order valence-electron chi connectivity index (χ0n) is 13.1. The molecule has 1 aromatic rings. The molecule has 2 aliphatic heterocycles. The SMILES string of the molecule is Cc1cccc(N2CCN(C(=O)N3CCCC3)CC2)c1C. The summed E-state index contributed by atoms with van der Waals surface area (Å²) in [5.41, 5.74) is 4.02. The molecule has 0 radical (unpaired) electrons. The molecular weight excluding hydrogens is 262 g/mol. The van der Waals surface area contributed by atoms with Gasteiger partial charge in [0.1, 0.15) is 0 Å². The summed E-state index contributed by atoms with van der Waals surface area (Å²) < 4.78 is 0. The average Bonchev–Trinajstić information content (AvgIpc) is 3.04. The van der Waals surface area contributed by atoms with Gasteiger partial charge in [-0.05, 0) is 43.9 Å². The highest BCUT2D eigenvalue weighted by molar-refractivity contribution is 5.75. The van der Waals surface area contributed by atoms with E-state index in [1.165, 1.54) is 16.8 Å². The lowest BCUT2D eigenvalue weighted by molar-refractivity contribution is 0.159. The largest absolute Gasteiger partial charge is 0.368 e. The Balaban J connectivity index is 1.62. The van der Waals surface area contributed by atoms with Gasteiger partial charge in [-0.25, -0.2) is 4.79 Å². The molecule has 0 spiro atoms. The highest BCUT2D eigenvalue weighted by atomic mass is 16.2. The van der Waals surface area contributed by atoms with Crippen molar-refractivity contribution in [3.8, 4) is 0 Å². The van der Waals surface area contributed by atoms with Gasteiger partial charge in [-0.3, -0.25) is 0 Å². The van der Waals surface area contributed by atoms with Crippen molar-refractivity contribution in [3.05, 3.63) is 29.3 Å². The Morgan fingerprint density at radius 2 is 1.52 bits per heavy atom. The van der Waals surface area contributed by atoms with Crippen molar-refractivity contribution in [2.45, 2.75) is 26.7 Å². The van der Waals surface area contributed by atoms with Crippen LogP contribution in [0.3, 0.4) is 0 Å². The van der Waals surface area contributed by atoms with Gasteiger partial charge in [0, 0.05) is 45.0 Å². The van der Waals surface area contributed by atoms with E-state index in [0.29, 0.717) is 0 Å². The van der Waals surface area contributed by atoms with E-state index in [9.17, 15) is 4.79 Å². The van der Waals surface area contributed by atoms with E-state index in [1.54, 1.807) is 0 Å².